The van der Waals surface area contributed by atoms with E-state index in [2.05, 4.69) is 31.7 Å². The van der Waals surface area contributed by atoms with E-state index in [4.69, 9.17) is 0 Å². The van der Waals surface area contributed by atoms with Gasteiger partial charge in [-0.1, -0.05) is 18.2 Å². The first-order valence-corrected chi connectivity index (χ1v) is 8.56. The standard InChI is InChI=1S/C18H22F2N6/c1-2-21-18(25-12-16-22-9-10-26(16)17(19)20)23-8-7-13-11-24-15-6-4-3-5-14(13)15/h3-6,9-11,17,24H,2,7-8,12H2,1H3,(H2,21,23,25). The van der Waals surface area contributed by atoms with Crippen LogP contribution in [0.2, 0.25) is 0 Å². The molecule has 2 heterocycles. The maximum atomic E-state index is 12.9. The van der Waals surface area contributed by atoms with Crippen LogP contribution in [-0.2, 0) is 13.0 Å². The number of hydrogen-bond donors (Lipinski definition) is 3. The molecule has 3 N–H and O–H groups in total. The molecule has 0 aliphatic heterocycles. The number of H-pyrrole nitrogens is 1. The molecule has 3 rings (SSSR count). The van der Waals surface area contributed by atoms with Gasteiger partial charge >= 0.3 is 6.55 Å². The van der Waals surface area contributed by atoms with Gasteiger partial charge in [0.2, 0.25) is 0 Å². The van der Waals surface area contributed by atoms with Crippen molar-refractivity contribution < 1.29 is 8.78 Å². The first-order valence-electron chi connectivity index (χ1n) is 8.56. The Balaban J connectivity index is 1.60. The normalized spacial score (nSPS) is 12.1. The summed E-state index contributed by atoms with van der Waals surface area (Å²) in [5.41, 5.74) is 2.33. The van der Waals surface area contributed by atoms with Crippen molar-refractivity contribution in [3.8, 4) is 0 Å². The van der Waals surface area contributed by atoms with E-state index in [9.17, 15) is 8.78 Å². The number of alkyl halides is 2. The third-order valence-electron chi connectivity index (χ3n) is 4.04. The third kappa shape index (κ3) is 4.19. The zero-order valence-corrected chi connectivity index (χ0v) is 14.5. The number of nitrogens with zero attached hydrogens (tertiary/aromatic N) is 3. The molecule has 6 nitrogen and oxygen atoms in total. The maximum Gasteiger partial charge on any atom is 0.319 e. The average Bonchev–Trinajstić information content (AvgIpc) is 3.27. The van der Waals surface area contributed by atoms with Gasteiger partial charge in [0.15, 0.2) is 5.96 Å². The smallest absolute Gasteiger partial charge is 0.319 e. The molecule has 0 amide bonds. The molecule has 8 heteroatoms. The van der Waals surface area contributed by atoms with Crippen molar-refractivity contribution >= 4 is 16.9 Å². The van der Waals surface area contributed by atoms with E-state index in [1.165, 1.54) is 23.3 Å². The molecule has 26 heavy (non-hydrogen) atoms. The SMILES string of the molecule is CCNC(=NCc1nccn1C(F)F)NCCc1c[nH]c2ccccc12. The van der Waals surface area contributed by atoms with Gasteiger partial charge < -0.3 is 15.6 Å². The van der Waals surface area contributed by atoms with Crippen molar-refractivity contribution in [1.29, 1.82) is 0 Å². The number of imidazole rings is 1. The molecular weight excluding hydrogens is 338 g/mol. The number of benzene rings is 1. The highest BCUT2D eigenvalue weighted by Gasteiger charge is 2.11. The highest BCUT2D eigenvalue weighted by atomic mass is 19.3. The molecule has 0 saturated carbocycles. The number of rotatable bonds is 7. The first kappa shape index (κ1) is 17.9. The average molecular weight is 360 g/mol. The van der Waals surface area contributed by atoms with Crippen LogP contribution in [0.1, 0.15) is 24.9 Å². The lowest BCUT2D eigenvalue weighted by atomic mass is 10.1. The van der Waals surface area contributed by atoms with E-state index in [1.54, 1.807) is 0 Å². The van der Waals surface area contributed by atoms with Crippen LogP contribution in [0, 0.1) is 0 Å². The molecule has 0 spiro atoms. The first-order chi connectivity index (χ1) is 12.7. The zero-order chi connectivity index (χ0) is 18.4. The monoisotopic (exact) mass is 360 g/mol. The summed E-state index contributed by atoms with van der Waals surface area (Å²) in [5, 5.41) is 7.56. The predicted molar refractivity (Wildman–Crippen MR) is 98.3 cm³/mol. The lowest BCUT2D eigenvalue weighted by molar-refractivity contribution is 0.0671. The number of aromatic amines is 1. The third-order valence-corrected chi connectivity index (χ3v) is 4.04. The predicted octanol–water partition coefficient (Wildman–Crippen LogP) is 3.06. The molecule has 0 atom stereocenters. The fraction of sp³-hybridized carbons (Fsp3) is 0.333. The molecule has 0 unspecified atom stereocenters. The van der Waals surface area contributed by atoms with Gasteiger partial charge in [0.1, 0.15) is 12.4 Å². The summed E-state index contributed by atoms with van der Waals surface area (Å²) < 4.78 is 26.5. The Hall–Kier alpha value is -2.90. The van der Waals surface area contributed by atoms with Crippen LogP contribution in [0.3, 0.4) is 0 Å². The van der Waals surface area contributed by atoms with Crippen LogP contribution < -0.4 is 10.6 Å². The molecule has 3 aromatic rings. The molecule has 0 bridgehead atoms. The molecule has 0 aliphatic rings. The molecular formula is C18H22F2N6. The summed E-state index contributed by atoms with van der Waals surface area (Å²) in [6.07, 6.45) is 5.44. The van der Waals surface area contributed by atoms with Crippen LogP contribution in [0.4, 0.5) is 8.78 Å². The fourth-order valence-electron chi connectivity index (χ4n) is 2.79. The van der Waals surface area contributed by atoms with Gasteiger partial charge in [-0.3, -0.25) is 4.57 Å². The highest BCUT2D eigenvalue weighted by molar-refractivity contribution is 5.83. The molecule has 2 aromatic heterocycles. The Labute approximate surface area is 150 Å². The van der Waals surface area contributed by atoms with E-state index < -0.39 is 6.55 Å². The second-order valence-corrected chi connectivity index (χ2v) is 5.76. The van der Waals surface area contributed by atoms with Crippen molar-refractivity contribution in [3.63, 3.8) is 0 Å². The Bertz CT molecular complexity index is 867. The minimum absolute atomic E-state index is 0.0831. The van der Waals surface area contributed by atoms with Crippen molar-refractivity contribution in [2.75, 3.05) is 13.1 Å². The minimum Gasteiger partial charge on any atom is -0.361 e. The second-order valence-electron chi connectivity index (χ2n) is 5.76. The lowest BCUT2D eigenvalue weighted by Crippen LogP contribution is -2.38. The van der Waals surface area contributed by atoms with Gasteiger partial charge in [-0.15, -0.1) is 0 Å². The number of para-hydroxylation sites is 1. The highest BCUT2D eigenvalue weighted by Crippen LogP contribution is 2.17. The van der Waals surface area contributed by atoms with Crippen LogP contribution in [0.25, 0.3) is 10.9 Å². The Morgan fingerprint density at radius 1 is 1.31 bits per heavy atom. The quantitative estimate of drug-likeness (QED) is 0.448. The number of guanidine groups is 1. The van der Waals surface area contributed by atoms with E-state index in [0.29, 0.717) is 19.0 Å². The number of fused-ring (bicyclic) bond motifs is 1. The molecule has 0 aliphatic carbocycles. The van der Waals surface area contributed by atoms with E-state index in [1.807, 2.05) is 31.3 Å². The maximum absolute atomic E-state index is 12.9. The van der Waals surface area contributed by atoms with Crippen molar-refractivity contribution in [3.05, 3.63) is 54.2 Å². The zero-order valence-electron chi connectivity index (χ0n) is 14.5. The molecule has 0 radical (unpaired) electrons. The Kier molecular flexibility index (Phi) is 5.83. The number of aliphatic imine (C=N–C) groups is 1. The van der Waals surface area contributed by atoms with Gasteiger partial charge in [-0.2, -0.15) is 8.78 Å². The Morgan fingerprint density at radius 2 is 2.15 bits per heavy atom. The Morgan fingerprint density at radius 3 is 2.96 bits per heavy atom. The number of hydrogen-bond acceptors (Lipinski definition) is 2. The summed E-state index contributed by atoms with van der Waals surface area (Å²) >= 11 is 0. The summed E-state index contributed by atoms with van der Waals surface area (Å²) in [4.78, 5) is 11.5. The lowest BCUT2D eigenvalue weighted by Gasteiger charge is -2.11. The minimum atomic E-state index is -2.61. The number of halogens is 2. The second kappa shape index (κ2) is 8.46. The van der Waals surface area contributed by atoms with Crippen LogP contribution in [0.15, 0.2) is 47.8 Å². The van der Waals surface area contributed by atoms with Gasteiger partial charge in [-0.05, 0) is 25.0 Å². The van der Waals surface area contributed by atoms with Crippen LogP contribution in [-0.4, -0.2) is 33.6 Å². The van der Waals surface area contributed by atoms with Crippen molar-refractivity contribution in [2.45, 2.75) is 26.4 Å². The molecule has 0 saturated heterocycles. The van der Waals surface area contributed by atoms with Gasteiger partial charge in [-0.25, -0.2) is 9.98 Å². The van der Waals surface area contributed by atoms with Crippen molar-refractivity contribution in [1.82, 2.24) is 25.2 Å². The number of aromatic nitrogens is 3. The molecule has 0 fully saturated rings. The van der Waals surface area contributed by atoms with Crippen LogP contribution in [0.5, 0.6) is 0 Å². The van der Waals surface area contributed by atoms with Crippen molar-refractivity contribution in [2.24, 2.45) is 4.99 Å². The van der Waals surface area contributed by atoms with E-state index >= 15 is 0 Å². The largest absolute Gasteiger partial charge is 0.361 e. The van der Waals surface area contributed by atoms with Gasteiger partial charge in [0.25, 0.3) is 0 Å². The summed E-state index contributed by atoms with van der Waals surface area (Å²) in [7, 11) is 0. The molecule has 1 aromatic carbocycles. The van der Waals surface area contributed by atoms with E-state index in [0.717, 1.165) is 16.5 Å². The fourth-order valence-corrected chi connectivity index (χ4v) is 2.79. The topological polar surface area (TPSA) is 70.0 Å². The van der Waals surface area contributed by atoms with Gasteiger partial charge in [0.05, 0.1) is 0 Å². The van der Waals surface area contributed by atoms with Crippen LogP contribution >= 0.6 is 0 Å². The van der Waals surface area contributed by atoms with Gasteiger partial charge in [0, 0.05) is 42.6 Å². The summed E-state index contributed by atoms with van der Waals surface area (Å²) in [6, 6.07) is 8.15. The van der Waals surface area contributed by atoms with E-state index in [-0.39, 0.29) is 12.4 Å². The number of nitrogens with one attached hydrogen (secondary N) is 3. The summed E-state index contributed by atoms with van der Waals surface area (Å²) in [6.45, 7) is 0.788. The molecule has 138 valence electrons. The summed E-state index contributed by atoms with van der Waals surface area (Å²) in [5.74, 6) is 0.810.